The van der Waals surface area contributed by atoms with Crippen molar-refractivity contribution in [1.82, 2.24) is 0 Å². The Morgan fingerprint density at radius 1 is 0.375 bits per heavy atom. The fourth-order valence-corrected chi connectivity index (χ4v) is 8.47. The average Bonchev–Trinajstić information content (AvgIpc) is 3.53. The lowest BCUT2D eigenvalue weighted by molar-refractivity contribution is 0.645. The second-order valence-corrected chi connectivity index (χ2v) is 13.6. The van der Waals surface area contributed by atoms with Crippen LogP contribution in [0.1, 0.15) is 25.0 Å². The molecule has 0 fully saturated rings. The van der Waals surface area contributed by atoms with E-state index in [-0.39, 0.29) is 5.41 Å². The van der Waals surface area contributed by atoms with Gasteiger partial charge in [0.25, 0.3) is 0 Å². The van der Waals surface area contributed by atoms with Crippen molar-refractivity contribution in [1.29, 1.82) is 0 Å². The van der Waals surface area contributed by atoms with Crippen LogP contribution < -0.4 is 0 Å². The van der Waals surface area contributed by atoms with Crippen LogP contribution in [-0.4, -0.2) is 0 Å². The molecular formula is C47H32O. The lowest BCUT2D eigenvalue weighted by atomic mass is 9.67. The van der Waals surface area contributed by atoms with Gasteiger partial charge in [-0.15, -0.1) is 0 Å². The van der Waals surface area contributed by atoms with Gasteiger partial charge in [-0.1, -0.05) is 166 Å². The molecule has 0 amide bonds. The lowest BCUT2D eigenvalue weighted by Gasteiger charge is -2.36. The van der Waals surface area contributed by atoms with Crippen LogP contribution in [0.3, 0.4) is 0 Å². The van der Waals surface area contributed by atoms with E-state index in [0.29, 0.717) is 0 Å². The molecule has 0 spiro atoms. The first-order valence-electron chi connectivity index (χ1n) is 16.8. The van der Waals surface area contributed by atoms with E-state index >= 15 is 0 Å². The standard InChI is InChI=1S/C47H32O/c1-47(2)40-26-9-8-20-38(40)43-35-19-7-6-18-34(35)42(39-25-13-27-41(47)44(39)43)31-17-10-16-30(28-31)33-22-12-24-37-36-23-11-21-32(45(36)48-46(33)37)29-14-4-3-5-15-29/h3-28H,1-2H3. The summed E-state index contributed by atoms with van der Waals surface area (Å²) in [4.78, 5) is 0. The zero-order chi connectivity index (χ0) is 32.0. The lowest BCUT2D eigenvalue weighted by Crippen LogP contribution is -2.23. The maximum absolute atomic E-state index is 6.82. The Hall–Kier alpha value is -5.92. The predicted octanol–water partition coefficient (Wildman–Crippen LogP) is 13.2. The van der Waals surface area contributed by atoms with Crippen molar-refractivity contribution in [2.24, 2.45) is 0 Å². The van der Waals surface area contributed by atoms with Gasteiger partial charge in [-0.3, -0.25) is 0 Å². The molecule has 1 heterocycles. The van der Waals surface area contributed by atoms with E-state index in [4.69, 9.17) is 4.42 Å². The minimum absolute atomic E-state index is 0.111. The molecule has 1 aromatic heterocycles. The van der Waals surface area contributed by atoms with Gasteiger partial charge >= 0.3 is 0 Å². The van der Waals surface area contributed by atoms with Crippen molar-refractivity contribution >= 4 is 43.5 Å². The van der Waals surface area contributed by atoms with Gasteiger partial charge < -0.3 is 4.42 Å². The molecule has 48 heavy (non-hydrogen) atoms. The van der Waals surface area contributed by atoms with Crippen molar-refractivity contribution in [3.63, 3.8) is 0 Å². The Morgan fingerprint density at radius 3 is 1.65 bits per heavy atom. The Kier molecular flexibility index (Phi) is 5.69. The van der Waals surface area contributed by atoms with Gasteiger partial charge in [0, 0.05) is 27.3 Å². The smallest absolute Gasteiger partial charge is 0.143 e. The molecule has 1 aliphatic carbocycles. The van der Waals surface area contributed by atoms with Crippen molar-refractivity contribution in [3.8, 4) is 44.5 Å². The Balaban J connectivity index is 1.24. The number of furan rings is 1. The second kappa shape index (κ2) is 10.0. The summed E-state index contributed by atoms with van der Waals surface area (Å²) in [5.41, 5.74) is 14.2. The van der Waals surface area contributed by atoms with E-state index in [2.05, 4.69) is 172 Å². The quantitative estimate of drug-likeness (QED) is 0.181. The first kappa shape index (κ1) is 27.2. The van der Waals surface area contributed by atoms with E-state index in [9.17, 15) is 0 Å². The maximum atomic E-state index is 6.82. The van der Waals surface area contributed by atoms with Crippen LogP contribution in [0, 0.1) is 0 Å². The van der Waals surface area contributed by atoms with Gasteiger partial charge in [-0.2, -0.15) is 0 Å². The van der Waals surface area contributed by atoms with Crippen molar-refractivity contribution in [2.45, 2.75) is 19.3 Å². The highest BCUT2D eigenvalue weighted by Crippen LogP contribution is 2.53. The topological polar surface area (TPSA) is 13.1 Å². The molecule has 0 radical (unpaired) electrons. The molecule has 0 saturated heterocycles. The average molecular weight is 613 g/mol. The zero-order valence-corrected chi connectivity index (χ0v) is 26.9. The summed E-state index contributed by atoms with van der Waals surface area (Å²) in [6.07, 6.45) is 0. The van der Waals surface area contributed by atoms with E-state index in [1.165, 1.54) is 54.9 Å². The van der Waals surface area contributed by atoms with Gasteiger partial charge in [0.15, 0.2) is 0 Å². The molecule has 9 aromatic rings. The molecule has 8 aromatic carbocycles. The summed E-state index contributed by atoms with van der Waals surface area (Å²) in [6.45, 7) is 4.74. The summed E-state index contributed by atoms with van der Waals surface area (Å²) in [7, 11) is 0. The Labute approximate surface area is 279 Å². The van der Waals surface area contributed by atoms with Crippen molar-refractivity contribution in [3.05, 3.63) is 169 Å². The first-order chi connectivity index (χ1) is 23.6. The van der Waals surface area contributed by atoms with Crippen LogP contribution in [0.15, 0.2) is 162 Å². The van der Waals surface area contributed by atoms with Gasteiger partial charge in [0.2, 0.25) is 0 Å². The molecule has 1 heteroatoms. The highest BCUT2D eigenvalue weighted by molar-refractivity contribution is 6.24. The number of benzene rings is 8. The summed E-state index contributed by atoms with van der Waals surface area (Å²) < 4.78 is 6.82. The third-order valence-electron chi connectivity index (χ3n) is 10.7. The SMILES string of the molecule is CC1(C)c2ccccc2-c2c3ccccc3c(-c3cccc(-c4cccc5c4oc4c(-c6ccccc6)cccc45)c3)c3cccc1c23. The molecule has 0 saturated carbocycles. The van der Waals surface area contributed by atoms with Crippen LogP contribution in [0.4, 0.5) is 0 Å². The Morgan fingerprint density at radius 2 is 0.875 bits per heavy atom. The molecule has 226 valence electrons. The predicted molar refractivity (Wildman–Crippen MR) is 203 cm³/mol. The maximum Gasteiger partial charge on any atom is 0.143 e. The molecule has 1 nitrogen and oxygen atoms in total. The van der Waals surface area contributed by atoms with Gasteiger partial charge in [0.05, 0.1) is 0 Å². The zero-order valence-electron chi connectivity index (χ0n) is 26.9. The highest BCUT2D eigenvalue weighted by atomic mass is 16.3. The minimum atomic E-state index is -0.111. The van der Waals surface area contributed by atoms with Crippen LogP contribution in [-0.2, 0) is 5.41 Å². The molecule has 0 N–H and O–H groups in total. The van der Waals surface area contributed by atoms with Gasteiger partial charge in [-0.25, -0.2) is 0 Å². The van der Waals surface area contributed by atoms with E-state index in [0.717, 1.165) is 44.2 Å². The van der Waals surface area contributed by atoms with E-state index in [1.54, 1.807) is 0 Å². The summed E-state index contributed by atoms with van der Waals surface area (Å²) in [6, 6.07) is 57.4. The molecule has 0 bridgehead atoms. The molecule has 0 unspecified atom stereocenters. The van der Waals surface area contributed by atoms with Crippen LogP contribution in [0.5, 0.6) is 0 Å². The van der Waals surface area contributed by atoms with Crippen LogP contribution in [0.25, 0.3) is 88.0 Å². The number of para-hydroxylation sites is 2. The third kappa shape index (κ3) is 3.73. The molecule has 0 aliphatic heterocycles. The molecule has 1 aliphatic rings. The molecule has 10 rings (SSSR count). The summed E-state index contributed by atoms with van der Waals surface area (Å²) >= 11 is 0. The summed E-state index contributed by atoms with van der Waals surface area (Å²) in [5.74, 6) is 0. The van der Waals surface area contributed by atoms with Crippen LogP contribution in [0.2, 0.25) is 0 Å². The number of fused-ring (bicyclic) bond motifs is 7. The fourth-order valence-electron chi connectivity index (χ4n) is 8.47. The van der Waals surface area contributed by atoms with Crippen molar-refractivity contribution in [2.75, 3.05) is 0 Å². The first-order valence-corrected chi connectivity index (χ1v) is 16.8. The molecular weight excluding hydrogens is 581 g/mol. The summed E-state index contributed by atoms with van der Waals surface area (Å²) in [5, 5.41) is 7.52. The van der Waals surface area contributed by atoms with Crippen LogP contribution >= 0.6 is 0 Å². The van der Waals surface area contributed by atoms with E-state index < -0.39 is 0 Å². The number of hydrogen-bond donors (Lipinski definition) is 0. The van der Waals surface area contributed by atoms with Gasteiger partial charge in [0.1, 0.15) is 11.2 Å². The fraction of sp³-hybridized carbons (Fsp3) is 0.0638. The normalized spacial score (nSPS) is 13.4. The van der Waals surface area contributed by atoms with Gasteiger partial charge in [-0.05, 0) is 72.1 Å². The minimum Gasteiger partial charge on any atom is -0.455 e. The monoisotopic (exact) mass is 612 g/mol. The molecule has 0 atom stereocenters. The largest absolute Gasteiger partial charge is 0.455 e. The second-order valence-electron chi connectivity index (χ2n) is 13.6. The highest BCUT2D eigenvalue weighted by Gasteiger charge is 2.35. The van der Waals surface area contributed by atoms with E-state index in [1.807, 2.05) is 0 Å². The third-order valence-corrected chi connectivity index (χ3v) is 10.7. The Bertz CT molecular complexity index is 2740. The van der Waals surface area contributed by atoms with Crippen molar-refractivity contribution < 1.29 is 4.42 Å². The number of rotatable bonds is 3. The number of hydrogen-bond acceptors (Lipinski definition) is 1.